The first-order valence-corrected chi connectivity index (χ1v) is 4.71. The Kier molecular flexibility index (Phi) is 3.83. The topological polar surface area (TPSA) is 104 Å². The Balaban J connectivity index is 2.77. The zero-order valence-corrected chi connectivity index (χ0v) is 8.75. The maximum atomic E-state index is 11.5. The highest BCUT2D eigenvalue weighted by atomic mass is 16.5. The van der Waals surface area contributed by atoms with Gasteiger partial charge in [0.25, 0.3) is 0 Å². The fourth-order valence-corrected chi connectivity index (χ4v) is 1.73. The molecule has 0 aromatic rings. The van der Waals surface area contributed by atoms with Gasteiger partial charge in [-0.3, -0.25) is 9.59 Å². The number of likely N-dealkylation sites (tertiary alicyclic amines) is 1. The van der Waals surface area contributed by atoms with Crippen molar-refractivity contribution in [3.63, 3.8) is 0 Å². The number of carbonyl (C=O) groups is 3. The fourth-order valence-electron chi connectivity index (χ4n) is 1.73. The smallest absolute Gasteiger partial charge is 0.326 e. The zero-order valence-electron chi connectivity index (χ0n) is 8.75. The molecule has 0 aliphatic carbocycles. The first-order chi connectivity index (χ1) is 7.47. The molecule has 90 valence electrons. The minimum Gasteiger partial charge on any atom is -0.481 e. The van der Waals surface area contributed by atoms with Crippen molar-refractivity contribution in [2.75, 3.05) is 20.3 Å². The Morgan fingerprint density at radius 1 is 1.31 bits per heavy atom. The van der Waals surface area contributed by atoms with Crippen molar-refractivity contribution in [3.8, 4) is 0 Å². The van der Waals surface area contributed by atoms with Crippen LogP contribution in [-0.4, -0.2) is 59.3 Å². The molecule has 1 fully saturated rings. The number of methoxy groups -OCH3 is 1. The van der Waals surface area contributed by atoms with Crippen molar-refractivity contribution in [1.29, 1.82) is 0 Å². The molecule has 2 unspecified atom stereocenters. The summed E-state index contributed by atoms with van der Waals surface area (Å²) in [5.74, 6) is -3.59. The molecule has 0 aromatic heterocycles. The first kappa shape index (κ1) is 12.4. The van der Waals surface area contributed by atoms with E-state index in [1.807, 2.05) is 0 Å². The number of nitrogens with zero attached hydrogens (tertiary/aromatic N) is 1. The number of carboxylic acid groups (broad SMARTS) is 2. The summed E-state index contributed by atoms with van der Waals surface area (Å²) < 4.78 is 4.61. The molecule has 1 aliphatic rings. The molecule has 0 aromatic carbocycles. The van der Waals surface area contributed by atoms with Crippen LogP contribution in [0.2, 0.25) is 0 Å². The molecule has 1 heterocycles. The Hall–Kier alpha value is -1.63. The van der Waals surface area contributed by atoms with Crippen molar-refractivity contribution >= 4 is 17.8 Å². The van der Waals surface area contributed by atoms with Gasteiger partial charge >= 0.3 is 11.9 Å². The predicted molar refractivity (Wildman–Crippen MR) is 50.8 cm³/mol. The minimum atomic E-state index is -1.19. The van der Waals surface area contributed by atoms with E-state index in [1.54, 1.807) is 0 Å². The average Bonchev–Trinajstić information content (AvgIpc) is 2.62. The second-order valence-electron chi connectivity index (χ2n) is 3.60. The number of hydrogen-bond donors (Lipinski definition) is 2. The van der Waals surface area contributed by atoms with E-state index in [0.717, 1.165) is 4.90 Å². The normalized spacial score (nSPS) is 24.4. The summed E-state index contributed by atoms with van der Waals surface area (Å²) >= 11 is 0. The number of hydrogen-bond acceptors (Lipinski definition) is 4. The van der Waals surface area contributed by atoms with Crippen LogP contribution in [0.25, 0.3) is 0 Å². The standard InChI is InChI=1S/C9H13NO6/c1-16-4-7(11)10-3-5(8(12)13)2-6(10)9(14)15/h5-6H,2-4H2,1H3,(H,12,13)(H,14,15). The van der Waals surface area contributed by atoms with Crippen molar-refractivity contribution < 1.29 is 29.3 Å². The molecule has 2 N–H and O–H groups in total. The number of carbonyl (C=O) groups excluding carboxylic acids is 1. The van der Waals surface area contributed by atoms with Crippen molar-refractivity contribution in [1.82, 2.24) is 4.90 Å². The lowest BCUT2D eigenvalue weighted by atomic mass is 10.1. The van der Waals surface area contributed by atoms with E-state index in [0.29, 0.717) is 0 Å². The van der Waals surface area contributed by atoms with Gasteiger partial charge in [0.05, 0.1) is 5.92 Å². The van der Waals surface area contributed by atoms with Gasteiger partial charge in [-0.15, -0.1) is 0 Å². The first-order valence-electron chi connectivity index (χ1n) is 4.71. The molecule has 0 spiro atoms. The van der Waals surface area contributed by atoms with E-state index in [-0.39, 0.29) is 19.6 Å². The monoisotopic (exact) mass is 231 g/mol. The summed E-state index contributed by atoms with van der Waals surface area (Å²) in [5.41, 5.74) is 0. The van der Waals surface area contributed by atoms with Crippen LogP contribution >= 0.6 is 0 Å². The molecule has 1 aliphatic heterocycles. The van der Waals surface area contributed by atoms with E-state index in [4.69, 9.17) is 10.2 Å². The third kappa shape index (κ3) is 2.48. The third-order valence-corrected chi connectivity index (χ3v) is 2.52. The van der Waals surface area contributed by atoms with E-state index < -0.39 is 29.8 Å². The quantitative estimate of drug-likeness (QED) is 0.644. The van der Waals surface area contributed by atoms with Gasteiger partial charge in [0.1, 0.15) is 12.6 Å². The van der Waals surface area contributed by atoms with Crippen LogP contribution in [-0.2, 0) is 19.1 Å². The molecule has 16 heavy (non-hydrogen) atoms. The summed E-state index contributed by atoms with van der Waals surface area (Å²) in [7, 11) is 1.32. The van der Waals surface area contributed by atoms with Gasteiger partial charge in [0.15, 0.2) is 0 Å². The third-order valence-electron chi connectivity index (χ3n) is 2.52. The Morgan fingerprint density at radius 2 is 1.94 bits per heavy atom. The lowest BCUT2D eigenvalue weighted by Gasteiger charge is -2.20. The van der Waals surface area contributed by atoms with E-state index in [9.17, 15) is 14.4 Å². The summed E-state index contributed by atoms with van der Waals surface area (Å²) in [6.45, 7) is -0.315. The molecular formula is C9H13NO6. The molecule has 1 amide bonds. The van der Waals surface area contributed by atoms with Gasteiger partial charge in [0, 0.05) is 13.7 Å². The fraction of sp³-hybridized carbons (Fsp3) is 0.667. The van der Waals surface area contributed by atoms with Crippen LogP contribution in [0.5, 0.6) is 0 Å². The predicted octanol–water partition coefficient (Wildman–Crippen LogP) is -0.981. The van der Waals surface area contributed by atoms with Gasteiger partial charge in [-0.05, 0) is 6.42 Å². The summed E-state index contributed by atoms with van der Waals surface area (Å²) in [6.07, 6.45) is -0.0554. The second-order valence-corrected chi connectivity index (χ2v) is 3.60. The SMILES string of the molecule is COCC(=O)N1CC(C(=O)O)CC1C(=O)O. The Bertz CT molecular complexity index is 315. The molecule has 0 saturated carbocycles. The number of ether oxygens (including phenoxy) is 1. The molecule has 1 saturated heterocycles. The number of aliphatic carboxylic acids is 2. The molecule has 2 atom stereocenters. The van der Waals surface area contributed by atoms with Crippen molar-refractivity contribution in [3.05, 3.63) is 0 Å². The van der Waals surface area contributed by atoms with Crippen LogP contribution in [0, 0.1) is 5.92 Å². The maximum absolute atomic E-state index is 11.5. The van der Waals surface area contributed by atoms with E-state index in [2.05, 4.69) is 4.74 Å². The number of rotatable bonds is 4. The highest BCUT2D eigenvalue weighted by molar-refractivity contribution is 5.86. The highest BCUT2D eigenvalue weighted by Crippen LogP contribution is 2.23. The lowest BCUT2D eigenvalue weighted by Crippen LogP contribution is -2.42. The zero-order chi connectivity index (χ0) is 12.3. The van der Waals surface area contributed by atoms with Gasteiger partial charge in [-0.25, -0.2) is 4.79 Å². The molecule has 7 heteroatoms. The van der Waals surface area contributed by atoms with Crippen LogP contribution in [0.4, 0.5) is 0 Å². The number of carboxylic acids is 2. The second kappa shape index (κ2) is 4.93. The molecule has 1 rings (SSSR count). The van der Waals surface area contributed by atoms with Crippen molar-refractivity contribution in [2.45, 2.75) is 12.5 Å². The largest absolute Gasteiger partial charge is 0.481 e. The lowest BCUT2D eigenvalue weighted by molar-refractivity contribution is -0.149. The Morgan fingerprint density at radius 3 is 2.38 bits per heavy atom. The minimum absolute atomic E-state index is 0.0554. The van der Waals surface area contributed by atoms with Crippen LogP contribution in [0.3, 0.4) is 0 Å². The summed E-state index contributed by atoms with van der Waals surface area (Å²) in [5, 5.41) is 17.7. The van der Waals surface area contributed by atoms with E-state index in [1.165, 1.54) is 7.11 Å². The van der Waals surface area contributed by atoms with Gasteiger partial charge in [-0.2, -0.15) is 0 Å². The maximum Gasteiger partial charge on any atom is 0.326 e. The number of amides is 1. The molecule has 0 bridgehead atoms. The Labute approximate surface area is 91.6 Å². The van der Waals surface area contributed by atoms with Crippen LogP contribution in [0.15, 0.2) is 0 Å². The van der Waals surface area contributed by atoms with Gasteiger partial charge in [0.2, 0.25) is 5.91 Å². The molecule has 0 radical (unpaired) electrons. The summed E-state index contributed by atoms with van der Waals surface area (Å²) in [6, 6.07) is -1.07. The van der Waals surface area contributed by atoms with Crippen LogP contribution < -0.4 is 0 Å². The van der Waals surface area contributed by atoms with Crippen LogP contribution in [0.1, 0.15) is 6.42 Å². The average molecular weight is 231 g/mol. The highest BCUT2D eigenvalue weighted by Gasteiger charge is 2.42. The van der Waals surface area contributed by atoms with Gasteiger partial charge < -0.3 is 19.8 Å². The molecule has 7 nitrogen and oxygen atoms in total. The van der Waals surface area contributed by atoms with Gasteiger partial charge in [-0.1, -0.05) is 0 Å². The molecular weight excluding hydrogens is 218 g/mol. The van der Waals surface area contributed by atoms with E-state index >= 15 is 0 Å². The van der Waals surface area contributed by atoms with Crippen molar-refractivity contribution in [2.24, 2.45) is 5.92 Å². The summed E-state index contributed by atoms with van der Waals surface area (Å²) in [4.78, 5) is 34.1.